The normalized spacial score (nSPS) is 10.2. The third-order valence-corrected chi connectivity index (χ3v) is 2.68. The van der Waals surface area contributed by atoms with Crippen LogP contribution in [-0.2, 0) is 0 Å². The van der Waals surface area contributed by atoms with Crippen molar-refractivity contribution in [1.29, 1.82) is 0 Å². The number of aromatic nitrogens is 2. The highest BCUT2D eigenvalue weighted by Gasteiger charge is 2.18. The number of rotatable bonds is 4. The Morgan fingerprint density at radius 1 is 1.05 bits per heavy atom. The van der Waals surface area contributed by atoms with Crippen LogP contribution in [0.5, 0.6) is 23.1 Å². The average Bonchev–Trinajstić information content (AvgIpc) is 2.44. The van der Waals surface area contributed by atoms with Gasteiger partial charge in [0.25, 0.3) is 5.56 Å². The Labute approximate surface area is 114 Å². The molecule has 0 unspecified atom stereocenters. The third kappa shape index (κ3) is 2.51. The lowest BCUT2D eigenvalue weighted by Crippen LogP contribution is -2.08. The molecule has 2 rings (SSSR count). The summed E-state index contributed by atoms with van der Waals surface area (Å²) < 4.78 is 15.7. The molecule has 0 amide bonds. The summed E-state index contributed by atoms with van der Waals surface area (Å²) in [5, 5.41) is 9.45. The fourth-order valence-corrected chi connectivity index (χ4v) is 1.80. The van der Waals surface area contributed by atoms with E-state index < -0.39 is 5.56 Å². The van der Waals surface area contributed by atoms with Gasteiger partial charge in [-0.2, -0.15) is 4.98 Å². The number of nitrogens with zero attached hydrogens (tertiary/aromatic N) is 1. The fourth-order valence-electron chi connectivity index (χ4n) is 1.80. The van der Waals surface area contributed by atoms with Gasteiger partial charge in [-0.1, -0.05) is 0 Å². The molecule has 106 valence electrons. The number of aromatic hydroxyl groups is 1. The zero-order chi connectivity index (χ0) is 14.7. The molecule has 0 aliphatic heterocycles. The molecule has 7 heteroatoms. The minimum Gasteiger partial charge on any atom is -0.496 e. The molecule has 0 radical (unpaired) electrons. The van der Waals surface area contributed by atoms with Gasteiger partial charge in [0, 0.05) is 12.1 Å². The van der Waals surface area contributed by atoms with Crippen molar-refractivity contribution in [2.45, 2.75) is 0 Å². The third-order valence-electron chi connectivity index (χ3n) is 2.68. The van der Waals surface area contributed by atoms with E-state index in [4.69, 9.17) is 14.2 Å². The largest absolute Gasteiger partial charge is 0.496 e. The summed E-state index contributed by atoms with van der Waals surface area (Å²) >= 11 is 0. The quantitative estimate of drug-likeness (QED) is 0.872. The van der Waals surface area contributed by atoms with E-state index in [-0.39, 0.29) is 11.7 Å². The molecule has 1 aromatic heterocycles. The van der Waals surface area contributed by atoms with Crippen molar-refractivity contribution >= 4 is 0 Å². The first-order chi connectivity index (χ1) is 9.58. The van der Waals surface area contributed by atoms with Crippen LogP contribution in [0.2, 0.25) is 0 Å². The van der Waals surface area contributed by atoms with Crippen LogP contribution in [-0.4, -0.2) is 36.4 Å². The number of hydrogen-bond donors (Lipinski definition) is 2. The summed E-state index contributed by atoms with van der Waals surface area (Å²) in [6.45, 7) is 0. The summed E-state index contributed by atoms with van der Waals surface area (Å²) in [6.07, 6.45) is 0. The molecular formula is C13H14N2O5. The van der Waals surface area contributed by atoms with E-state index in [0.29, 0.717) is 22.8 Å². The Kier molecular flexibility index (Phi) is 3.79. The van der Waals surface area contributed by atoms with Crippen LogP contribution >= 0.6 is 0 Å². The molecule has 0 bridgehead atoms. The molecular weight excluding hydrogens is 264 g/mol. The first-order valence-corrected chi connectivity index (χ1v) is 5.69. The van der Waals surface area contributed by atoms with Gasteiger partial charge in [-0.05, 0) is 0 Å². The maximum Gasteiger partial charge on any atom is 0.254 e. The van der Waals surface area contributed by atoms with Gasteiger partial charge in [0.2, 0.25) is 5.88 Å². The Balaban J connectivity index is 2.74. The lowest BCUT2D eigenvalue weighted by molar-refractivity contribution is 0.377. The summed E-state index contributed by atoms with van der Waals surface area (Å²) in [7, 11) is 4.46. The molecule has 0 fully saturated rings. The first kappa shape index (κ1) is 13.7. The first-order valence-electron chi connectivity index (χ1n) is 5.69. The van der Waals surface area contributed by atoms with Gasteiger partial charge < -0.3 is 24.3 Å². The molecule has 0 saturated carbocycles. The van der Waals surface area contributed by atoms with Crippen LogP contribution in [0, 0.1) is 0 Å². The summed E-state index contributed by atoms with van der Waals surface area (Å²) in [4.78, 5) is 17.8. The lowest BCUT2D eigenvalue weighted by atomic mass is 10.1. The number of ether oxygens (including phenoxy) is 3. The zero-order valence-electron chi connectivity index (χ0n) is 11.3. The minimum absolute atomic E-state index is 0.145. The molecule has 0 spiro atoms. The second kappa shape index (κ2) is 5.52. The van der Waals surface area contributed by atoms with E-state index in [9.17, 15) is 9.90 Å². The zero-order valence-corrected chi connectivity index (χ0v) is 11.3. The van der Waals surface area contributed by atoms with Gasteiger partial charge in [-0.3, -0.25) is 4.79 Å². The predicted molar refractivity (Wildman–Crippen MR) is 71.6 cm³/mol. The molecule has 0 aliphatic carbocycles. The average molecular weight is 278 g/mol. The van der Waals surface area contributed by atoms with Crippen molar-refractivity contribution in [3.05, 3.63) is 28.6 Å². The van der Waals surface area contributed by atoms with Gasteiger partial charge in [0.1, 0.15) is 22.8 Å². The molecule has 1 aromatic carbocycles. The van der Waals surface area contributed by atoms with Crippen molar-refractivity contribution in [2.75, 3.05) is 21.3 Å². The van der Waals surface area contributed by atoms with Crippen LogP contribution in [0.3, 0.4) is 0 Å². The van der Waals surface area contributed by atoms with E-state index in [1.165, 1.54) is 21.3 Å². The SMILES string of the molecule is COc1cc(OC)c(-c2nc(O)cc(=O)[nH]2)c(OC)c1. The number of H-pyrrole nitrogens is 1. The monoisotopic (exact) mass is 278 g/mol. The van der Waals surface area contributed by atoms with Gasteiger partial charge in [-0.25, -0.2) is 0 Å². The highest BCUT2D eigenvalue weighted by molar-refractivity contribution is 5.73. The molecule has 0 aliphatic rings. The predicted octanol–water partition coefficient (Wildman–Crippen LogP) is 1.17. The molecule has 0 saturated heterocycles. The maximum atomic E-state index is 11.4. The molecule has 2 N–H and O–H groups in total. The Morgan fingerprint density at radius 3 is 2.10 bits per heavy atom. The second-order valence-corrected chi connectivity index (χ2v) is 3.86. The van der Waals surface area contributed by atoms with Crippen LogP contribution in [0.4, 0.5) is 0 Å². The Hall–Kier alpha value is -2.70. The molecule has 1 heterocycles. The smallest absolute Gasteiger partial charge is 0.254 e. The van der Waals surface area contributed by atoms with E-state index in [2.05, 4.69) is 9.97 Å². The highest BCUT2D eigenvalue weighted by atomic mass is 16.5. The molecule has 7 nitrogen and oxygen atoms in total. The number of methoxy groups -OCH3 is 3. The second-order valence-electron chi connectivity index (χ2n) is 3.86. The van der Waals surface area contributed by atoms with E-state index >= 15 is 0 Å². The number of hydrogen-bond acceptors (Lipinski definition) is 6. The Morgan fingerprint density at radius 2 is 1.65 bits per heavy atom. The number of aromatic amines is 1. The van der Waals surface area contributed by atoms with E-state index in [0.717, 1.165) is 6.07 Å². The molecule has 20 heavy (non-hydrogen) atoms. The summed E-state index contributed by atoms with van der Waals surface area (Å²) in [5.41, 5.74) is -0.0591. The van der Waals surface area contributed by atoms with Crippen LogP contribution in [0.25, 0.3) is 11.4 Å². The standard InChI is InChI=1S/C13H14N2O5/c1-18-7-4-8(19-2)12(9(5-7)20-3)13-14-10(16)6-11(17)15-13/h4-6H,1-3H3,(H2,14,15,16,17). The minimum atomic E-state index is -0.479. The van der Waals surface area contributed by atoms with Gasteiger partial charge in [-0.15, -0.1) is 0 Å². The van der Waals surface area contributed by atoms with Crippen LogP contribution < -0.4 is 19.8 Å². The maximum absolute atomic E-state index is 11.4. The van der Waals surface area contributed by atoms with Gasteiger partial charge >= 0.3 is 0 Å². The van der Waals surface area contributed by atoms with E-state index in [1.54, 1.807) is 12.1 Å². The van der Waals surface area contributed by atoms with Gasteiger partial charge in [0.15, 0.2) is 5.82 Å². The van der Waals surface area contributed by atoms with Crippen molar-refractivity contribution in [1.82, 2.24) is 9.97 Å². The fraction of sp³-hybridized carbons (Fsp3) is 0.231. The van der Waals surface area contributed by atoms with E-state index in [1.807, 2.05) is 0 Å². The highest BCUT2D eigenvalue weighted by Crippen LogP contribution is 2.40. The lowest BCUT2D eigenvalue weighted by Gasteiger charge is -2.14. The summed E-state index contributed by atoms with van der Waals surface area (Å²) in [5.74, 6) is 1.09. The number of benzene rings is 1. The van der Waals surface area contributed by atoms with Crippen molar-refractivity contribution in [3.63, 3.8) is 0 Å². The Bertz CT molecular complexity index is 656. The molecule has 2 aromatic rings. The van der Waals surface area contributed by atoms with Crippen LogP contribution in [0.15, 0.2) is 23.0 Å². The van der Waals surface area contributed by atoms with Crippen molar-refractivity contribution in [3.8, 4) is 34.5 Å². The topological polar surface area (TPSA) is 93.7 Å². The van der Waals surface area contributed by atoms with Crippen molar-refractivity contribution < 1.29 is 19.3 Å². The van der Waals surface area contributed by atoms with Crippen molar-refractivity contribution in [2.24, 2.45) is 0 Å². The van der Waals surface area contributed by atoms with Crippen LogP contribution in [0.1, 0.15) is 0 Å². The summed E-state index contributed by atoms with van der Waals surface area (Å²) in [6, 6.07) is 4.23. The number of nitrogens with one attached hydrogen (secondary N) is 1. The molecule has 0 atom stereocenters. The van der Waals surface area contributed by atoms with Gasteiger partial charge in [0.05, 0.1) is 27.4 Å².